The molecule has 1 aromatic carbocycles. The maximum absolute atomic E-state index is 12.7. The second-order valence-corrected chi connectivity index (χ2v) is 5.99. The van der Waals surface area contributed by atoms with Gasteiger partial charge < -0.3 is 9.47 Å². The molecule has 1 heterocycles. The van der Waals surface area contributed by atoms with Gasteiger partial charge in [-0.3, -0.25) is 4.79 Å². The number of Topliss-reactive ketones (excluding diaryl/α,β-unsaturated/α-hetero) is 1. The van der Waals surface area contributed by atoms with Crippen molar-refractivity contribution in [3.8, 4) is 5.75 Å². The zero-order valence-electron chi connectivity index (χ0n) is 12.9. The van der Waals surface area contributed by atoms with Crippen LogP contribution in [-0.2, 0) is 4.74 Å². The molecule has 0 radical (unpaired) electrons. The Morgan fingerprint density at radius 1 is 1.20 bits per heavy atom. The van der Waals surface area contributed by atoms with E-state index in [9.17, 15) is 4.79 Å². The zero-order chi connectivity index (χ0) is 14.9. The molecule has 0 bridgehead atoms. The van der Waals surface area contributed by atoms with Crippen LogP contribution in [0.2, 0.25) is 0 Å². The first kappa shape index (κ1) is 15.0. The first-order valence-electron chi connectivity index (χ1n) is 7.36. The van der Waals surface area contributed by atoms with Crippen molar-refractivity contribution in [2.24, 2.45) is 11.8 Å². The fourth-order valence-corrected chi connectivity index (χ4v) is 2.91. The van der Waals surface area contributed by atoms with Gasteiger partial charge in [0.05, 0.1) is 24.2 Å². The third kappa shape index (κ3) is 3.04. The molecule has 0 saturated carbocycles. The molecule has 0 aromatic heterocycles. The highest BCUT2D eigenvalue weighted by atomic mass is 16.5. The molecular weight excluding hydrogens is 252 g/mol. The van der Waals surface area contributed by atoms with Gasteiger partial charge in [-0.05, 0) is 45.7 Å². The Labute approximate surface area is 121 Å². The minimum atomic E-state index is -0.0701. The monoisotopic (exact) mass is 276 g/mol. The number of benzene rings is 1. The van der Waals surface area contributed by atoms with Crippen LogP contribution in [0.15, 0.2) is 24.3 Å². The lowest BCUT2D eigenvalue weighted by atomic mass is 9.83. The Kier molecular flexibility index (Phi) is 4.48. The van der Waals surface area contributed by atoms with Gasteiger partial charge in [-0.2, -0.15) is 0 Å². The molecule has 1 aliphatic heterocycles. The Morgan fingerprint density at radius 3 is 2.45 bits per heavy atom. The number of rotatable bonds is 4. The summed E-state index contributed by atoms with van der Waals surface area (Å²) in [6, 6.07) is 7.46. The van der Waals surface area contributed by atoms with E-state index in [1.807, 2.05) is 52.0 Å². The Morgan fingerprint density at radius 2 is 1.90 bits per heavy atom. The second kappa shape index (κ2) is 5.96. The quantitative estimate of drug-likeness (QED) is 0.786. The Bertz CT molecular complexity index is 481. The molecule has 3 heteroatoms. The fourth-order valence-electron chi connectivity index (χ4n) is 2.91. The number of ether oxygens (including phenoxy) is 2. The van der Waals surface area contributed by atoms with E-state index in [1.165, 1.54) is 0 Å². The summed E-state index contributed by atoms with van der Waals surface area (Å²) in [6.45, 7) is 10.1. The number of carbonyl (C=O) groups is 1. The summed E-state index contributed by atoms with van der Waals surface area (Å²) in [7, 11) is 0. The molecule has 1 saturated heterocycles. The molecule has 1 aliphatic rings. The van der Waals surface area contributed by atoms with Crippen molar-refractivity contribution in [1.82, 2.24) is 0 Å². The summed E-state index contributed by atoms with van der Waals surface area (Å²) in [5.74, 6) is 1.08. The molecule has 4 unspecified atom stereocenters. The Balaban J connectivity index is 2.21. The van der Waals surface area contributed by atoms with Gasteiger partial charge in [-0.1, -0.05) is 19.1 Å². The molecule has 20 heavy (non-hydrogen) atoms. The van der Waals surface area contributed by atoms with Crippen molar-refractivity contribution >= 4 is 5.78 Å². The minimum Gasteiger partial charge on any atom is -0.491 e. The minimum absolute atomic E-state index is 0.0258. The SMILES string of the molecule is CC(C)Oc1cccc(C(=O)C2C(C)OC(C)C2C)c1. The van der Waals surface area contributed by atoms with Gasteiger partial charge >= 0.3 is 0 Å². The molecular formula is C17H24O3. The van der Waals surface area contributed by atoms with Crippen molar-refractivity contribution in [2.75, 3.05) is 0 Å². The van der Waals surface area contributed by atoms with Crippen LogP contribution in [0.4, 0.5) is 0 Å². The van der Waals surface area contributed by atoms with E-state index in [4.69, 9.17) is 9.47 Å². The van der Waals surface area contributed by atoms with E-state index in [-0.39, 0.29) is 35.9 Å². The second-order valence-electron chi connectivity index (χ2n) is 5.99. The van der Waals surface area contributed by atoms with E-state index >= 15 is 0 Å². The summed E-state index contributed by atoms with van der Waals surface area (Å²) < 4.78 is 11.4. The van der Waals surface area contributed by atoms with Crippen LogP contribution in [-0.4, -0.2) is 24.1 Å². The predicted octanol–water partition coefficient (Wildman–Crippen LogP) is 3.72. The smallest absolute Gasteiger partial charge is 0.169 e. The van der Waals surface area contributed by atoms with E-state index in [0.29, 0.717) is 5.56 Å². The van der Waals surface area contributed by atoms with Gasteiger partial charge in [0.2, 0.25) is 0 Å². The molecule has 1 fully saturated rings. The van der Waals surface area contributed by atoms with Crippen LogP contribution in [0.25, 0.3) is 0 Å². The van der Waals surface area contributed by atoms with Gasteiger partial charge in [-0.15, -0.1) is 0 Å². The summed E-state index contributed by atoms with van der Waals surface area (Å²) in [5.41, 5.74) is 0.713. The maximum atomic E-state index is 12.7. The molecule has 110 valence electrons. The summed E-state index contributed by atoms with van der Waals surface area (Å²) >= 11 is 0. The molecule has 0 aliphatic carbocycles. The summed E-state index contributed by atoms with van der Waals surface area (Å²) in [4.78, 5) is 12.7. The van der Waals surface area contributed by atoms with Crippen LogP contribution in [0, 0.1) is 11.8 Å². The third-order valence-corrected chi connectivity index (χ3v) is 4.04. The van der Waals surface area contributed by atoms with E-state index in [0.717, 1.165) is 5.75 Å². The number of carbonyl (C=O) groups excluding carboxylic acids is 1. The molecule has 0 N–H and O–H groups in total. The van der Waals surface area contributed by atoms with E-state index in [1.54, 1.807) is 0 Å². The predicted molar refractivity (Wildman–Crippen MR) is 79.2 cm³/mol. The number of ketones is 1. The summed E-state index contributed by atoms with van der Waals surface area (Å²) in [6.07, 6.45) is 0.212. The number of hydrogen-bond acceptors (Lipinski definition) is 3. The van der Waals surface area contributed by atoms with Gasteiger partial charge in [0.25, 0.3) is 0 Å². The lowest BCUT2D eigenvalue weighted by Gasteiger charge is -2.18. The standard InChI is InChI=1S/C17H24O3/c1-10(2)19-15-8-6-7-14(9-15)17(18)16-11(3)12(4)20-13(16)5/h6-13,16H,1-5H3. The Hall–Kier alpha value is -1.35. The van der Waals surface area contributed by atoms with Crippen molar-refractivity contribution in [3.05, 3.63) is 29.8 Å². The molecule has 3 nitrogen and oxygen atoms in total. The van der Waals surface area contributed by atoms with Crippen molar-refractivity contribution in [3.63, 3.8) is 0 Å². The van der Waals surface area contributed by atoms with E-state index in [2.05, 4.69) is 6.92 Å². The molecule has 0 amide bonds. The first-order chi connectivity index (χ1) is 9.40. The van der Waals surface area contributed by atoms with Gasteiger partial charge in [0.1, 0.15) is 5.75 Å². The maximum Gasteiger partial charge on any atom is 0.169 e. The molecule has 1 aromatic rings. The molecule has 2 rings (SSSR count). The highest BCUT2D eigenvalue weighted by Gasteiger charge is 2.41. The van der Waals surface area contributed by atoms with Crippen molar-refractivity contribution in [1.29, 1.82) is 0 Å². The van der Waals surface area contributed by atoms with Gasteiger partial charge in [0.15, 0.2) is 5.78 Å². The van der Waals surface area contributed by atoms with Gasteiger partial charge in [-0.25, -0.2) is 0 Å². The highest BCUT2D eigenvalue weighted by molar-refractivity contribution is 5.98. The molecule has 0 spiro atoms. The van der Waals surface area contributed by atoms with Crippen LogP contribution < -0.4 is 4.74 Å². The topological polar surface area (TPSA) is 35.5 Å². The lowest BCUT2D eigenvalue weighted by molar-refractivity contribution is 0.0491. The largest absolute Gasteiger partial charge is 0.491 e. The number of hydrogen-bond donors (Lipinski definition) is 0. The van der Waals surface area contributed by atoms with Crippen LogP contribution in [0.1, 0.15) is 45.0 Å². The van der Waals surface area contributed by atoms with Crippen LogP contribution in [0.5, 0.6) is 5.75 Å². The lowest BCUT2D eigenvalue weighted by Crippen LogP contribution is -2.26. The van der Waals surface area contributed by atoms with Crippen molar-refractivity contribution < 1.29 is 14.3 Å². The zero-order valence-corrected chi connectivity index (χ0v) is 12.9. The van der Waals surface area contributed by atoms with Gasteiger partial charge in [0, 0.05) is 5.56 Å². The van der Waals surface area contributed by atoms with Crippen LogP contribution >= 0.6 is 0 Å². The fraction of sp³-hybridized carbons (Fsp3) is 0.588. The van der Waals surface area contributed by atoms with Crippen LogP contribution in [0.3, 0.4) is 0 Å². The third-order valence-electron chi connectivity index (χ3n) is 4.04. The average molecular weight is 276 g/mol. The summed E-state index contributed by atoms with van der Waals surface area (Å²) in [5, 5.41) is 0. The van der Waals surface area contributed by atoms with Crippen molar-refractivity contribution in [2.45, 2.75) is 52.9 Å². The highest BCUT2D eigenvalue weighted by Crippen LogP contribution is 2.35. The normalized spacial score (nSPS) is 29.7. The average Bonchev–Trinajstić information content (AvgIpc) is 2.62. The van der Waals surface area contributed by atoms with E-state index < -0.39 is 0 Å². The molecule has 4 atom stereocenters. The first-order valence-corrected chi connectivity index (χ1v) is 7.36.